The summed E-state index contributed by atoms with van der Waals surface area (Å²) in [7, 11) is 0. The van der Waals surface area contributed by atoms with E-state index in [1.807, 2.05) is 12.1 Å². The van der Waals surface area contributed by atoms with Crippen molar-refractivity contribution in [3.05, 3.63) is 35.8 Å². The lowest BCUT2D eigenvalue weighted by atomic mass is 9.48. The normalized spacial score (nSPS) is 32.9. The molecule has 3 heteroatoms. The van der Waals surface area contributed by atoms with Gasteiger partial charge in [-0.3, -0.25) is 0 Å². The molecule has 0 aliphatic heterocycles. The SMILES string of the molecule is CC1(C)CCC[C@]2(C)[C@@H](CCc3ccoc3)C(C(=O)O)=CC[C@@H]12. The van der Waals surface area contributed by atoms with E-state index >= 15 is 0 Å². The van der Waals surface area contributed by atoms with Crippen LogP contribution in [0.4, 0.5) is 0 Å². The van der Waals surface area contributed by atoms with Gasteiger partial charge in [-0.1, -0.05) is 33.3 Å². The molecule has 0 amide bonds. The summed E-state index contributed by atoms with van der Waals surface area (Å²) in [5, 5.41) is 9.71. The van der Waals surface area contributed by atoms with Gasteiger partial charge in [0.05, 0.1) is 12.5 Å². The Kier molecular flexibility index (Phi) is 4.16. The molecule has 0 spiro atoms. The molecular weight excluding hydrogens is 288 g/mol. The first-order valence-electron chi connectivity index (χ1n) is 8.79. The van der Waals surface area contributed by atoms with Crippen LogP contribution in [0.5, 0.6) is 0 Å². The van der Waals surface area contributed by atoms with Crippen LogP contribution in [0.15, 0.2) is 34.7 Å². The molecule has 2 aliphatic rings. The molecule has 3 rings (SSSR count). The first kappa shape index (κ1) is 16.4. The fourth-order valence-corrected chi connectivity index (χ4v) is 5.38. The topological polar surface area (TPSA) is 50.4 Å². The highest BCUT2D eigenvalue weighted by atomic mass is 16.4. The maximum Gasteiger partial charge on any atom is 0.331 e. The summed E-state index contributed by atoms with van der Waals surface area (Å²) in [6.07, 6.45) is 11.8. The number of aryl methyl sites for hydroxylation is 1. The van der Waals surface area contributed by atoms with Crippen LogP contribution >= 0.6 is 0 Å². The van der Waals surface area contributed by atoms with Gasteiger partial charge < -0.3 is 9.52 Å². The van der Waals surface area contributed by atoms with Crippen LogP contribution in [0, 0.1) is 22.7 Å². The van der Waals surface area contributed by atoms with Gasteiger partial charge in [-0.05, 0) is 66.4 Å². The Labute approximate surface area is 138 Å². The van der Waals surface area contributed by atoms with Crippen LogP contribution in [-0.4, -0.2) is 11.1 Å². The van der Waals surface area contributed by atoms with E-state index in [4.69, 9.17) is 4.42 Å². The fraction of sp³-hybridized carbons (Fsp3) is 0.650. The van der Waals surface area contributed by atoms with Gasteiger partial charge in [-0.25, -0.2) is 4.79 Å². The molecular formula is C20H28O3. The van der Waals surface area contributed by atoms with E-state index in [0.29, 0.717) is 16.9 Å². The molecule has 0 unspecified atom stereocenters. The van der Waals surface area contributed by atoms with E-state index < -0.39 is 5.97 Å². The molecule has 23 heavy (non-hydrogen) atoms. The Morgan fingerprint density at radius 3 is 2.78 bits per heavy atom. The maximum absolute atomic E-state index is 11.8. The third-order valence-corrected chi connectivity index (χ3v) is 6.57. The number of aliphatic carboxylic acids is 1. The van der Waals surface area contributed by atoms with Gasteiger partial charge in [0.15, 0.2) is 0 Å². The van der Waals surface area contributed by atoms with Gasteiger partial charge in [0.1, 0.15) is 0 Å². The lowest BCUT2D eigenvalue weighted by molar-refractivity contribution is -0.135. The number of carbonyl (C=O) groups is 1. The molecule has 1 aromatic rings. The molecule has 126 valence electrons. The second kappa shape index (κ2) is 5.85. The first-order valence-corrected chi connectivity index (χ1v) is 8.79. The number of hydrogen-bond acceptors (Lipinski definition) is 2. The third kappa shape index (κ3) is 2.86. The van der Waals surface area contributed by atoms with E-state index in [1.165, 1.54) is 12.8 Å². The maximum atomic E-state index is 11.8. The Hall–Kier alpha value is -1.51. The summed E-state index contributed by atoms with van der Waals surface area (Å²) >= 11 is 0. The van der Waals surface area contributed by atoms with Gasteiger partial charge in [-0.2, -0.15) is 0 Å². The summed E-state index contributed by atoms with van der Waals surface area (Å²) in [4.78, 5) is 11.8. The number of carboxylic acid groups (broad SMARTS) is 1. The molecule has 0 radical (unpaired) electrons. The zero-order valence-corrected chi connectivity index (χ0v) is 14.5. The van der Waals surface area contributed by atoms with Gasteiger partial charge in [-0.15, -0.1) is 0 Å². The Balaban J connectivity index is 1.91. The number of fused-ring (bicyclic) bond motifs is 1. The van der Waals surface area contributed by atoms with Crippen LogP contribution in [0.1, 0.15) is 58.4 Å². The molecule has 1 N–H and O–H groups in total. The molecule has 2 aliphatic carbocycles. The largest absolute Gasteiger partial charge is 0.478 e. The molecule has 0 bridgehead atoms. The Morgan fingerprint density at radius 2 is 2.13 bits per heavy atom. The fourth-order valence-electron chi connectivity index (χ4n) is 5.38. The molecule has 1 saturated carbocycles. The van der Waals surface area contributed by atoms with Crippen molar-refractivity contribution < 1.29 is 14.3 Å². The Morgan fingerprint density at radius 1 is 1.35 bits per heavy atom. The molecule has 1 heterocycles. The number of carboxylic acids is 1. The molecule has 1 aromatic heterocycles. The molecule has 3 nitrogen and oxygen atoms in total. The van der Waals surface area contributed by atoms with Gasteiger partial charge in [0.25, 0.3) is 0 Å². The summed E-state index contributed by atoms with van der Waals surface area (Å²) in [5.41, 5.74) is 2.19. The zero-order valence-electron chi connectivity index (χ0n) is 14.5. The van der Waals surface area contributed by atoms with E-state index in [1.54, 1.807) is 12.5 Å². The zero-order chi connectivity index (χ0) is 16.7. The van der Waals surface area contributed by atoms with Crippen LogP contribution in [0.3, 0.4) is 0 Å². The summed E-state index contributed by atoms with van der Waals surface area (Å²) < 4.78 is 5.16. The average Bonchev–Trinajstić information content (AvgIpc) is 2.97. The molecule has 1 fully saturated rings. The van der Waals surface area contributed by atoms with E-state index in [2.05, 4.69) is 20.8 Å². The highest BCUT2D eigenvalue weighted by Crippen LogP contribution is 2.60. The minimum atomic E-state index is -0.731. The highest BCUT2D eigenvalue weighted by molar-refractivity contribution is 5.87. The average molecular weight is 316 g/mol. The van der Waals surface area contributed by atoms with Crippen molar-refractivity contribution in [2.24, 2.45) is 22.7 Å². The number of allylic oxidation sites excluding steroid dienone is 1. The smallest absolute Gasteiger partial charge is 0.331 e. The van der Waals surface area contributed by atoms with Crippen molar-refractivity contribution in [3.8, 4) is 0 Å². The van der Waals surface area contributed by atoms with Crippen molar-refractivity contribution in [1.29, 1.82) is 0 Å². The predicted octanol–water partition coefficient (Wildman–Crippen LogP) is 5.08. The molecule has 0 saturated heterocycles. The van der Waals surface area contributed by atoms with E-state index in [0.717, 1.165) is 31.2 Å². The van der Waals surface area contributed by atoms with Gasteiger partial charge >= 0.3 is 5.97 Å². The summed E-state index contributed by atoms with van der Waals surface area (Å²) in [5.74, 6) is -0.0281. The lowest BCUT2D eigenvalue weighted by Crippen LogP contribution is -2.49. The monoisotopic (exact) mass is 316 g/mol. The third-order valence-electron chi connectivity index (χ3n) is 6.57. The lowest BCUT2D eigenvalue weighted by Gasteiger charge is -2.56. The van der Waals surface area contributed by atoms with Crippen molar-refractivity contribution in [1.82, 2.24) is 0 Å². The van der Waals surface area contributed by atoms with Crippen LogP contribution in [-0.2, 0) is 11.2 Å². The number of furan rings is 1. The van der Waals surface area contributed by atoms with E-state index in [-0.39, 0.29) is 11.3 Å². The second-order valence-electron chi connectivity index (χ2n) is 8.32. The first-order chi connectivity index (χ1) is 10.8. The van der Waals surface area contributed by atoms with E-state index in [9.17, 15) is 9.90 Å². The summed E-state index contributed by atoms with van der Waals surface area (Å²) in [6.45, 7) is 7.07. The number of hydrogen-bond donors (Lipinski definition) is 1. The standard InChI is InChI=1S/C20H28O3/c1-19(2)10-4-11-20(3)16(7-5-14-9-12-23-13-14)15(18(21)22)6-8-17(19)20/h6,9,12-13,16-17H,4-5,7-8,10-11H2,1-3H3,(H,21,22)/t16-,17-,20+/m0/s1. The molecule has 3 atom stereocenters. The van der Waals surface area contributed by atoms with Crippen LogP contribution < -0.4 is 0 Å². The van der Waals surface area contributed by atoms with Crippen molar-refractivity contribution in [3.63, 3.8) is 0 Å². The summed E-state index contributed by atoms with van der Waals surface area (Å²) in [6, 6.07) is 1.98. The van der Waals surface area contributed by atoms with Crippen LogP contribution in [0.2, 0.25) is 0 Å². The quantitative estimate of drug-likeness (QED) is 0.843. The predicted molar refractivity (Wildman–Crippen MR) is 90.1 cm³/mol. The number of rotatable bonds is 4. The molecule has 0 aromatic carbocycles. The second-order valence-corrected chi connectivity index (χ2v) is 8.32. The minimum Gasteiger partial charge on any atom is -0.478 e. The highest BCUT2D eigenvalue weighted by Gasteiger charge is 2.53. The van der Waals surface area contributed by atoms with Crippen molar-refractivity contribution in [2.75, 3.05) is 0 Å². The van der Waals surface area contributed by atoms with Gasteiger partial charge in [0, 0.05) is 5.57 Å². The minimum absolute atomic E-state index is 0.0912. The Bertz CT molecular complexity index is 596. The van der Waals surface area contributed by atoms with Crippen molar-refractivity contribution in [2.45, 2.75) is 59.3 Å². The van der Waals surface area contributed by atoms with Gasteiger partial charge in [0.2, 0.25) is 0 Å². The van der Waals surface area contributed by atoms with Crippen molar-refractivity contribution >= 4 is 5.97 Å². The van der Waals surface area contributed by atoms with Crippen LogP contribution in [0.25, 0.3) is 0 Å².